The van der Waals surface area contributed by atoms with Crippen LogP contribution in [0, 0.1) is 0 Å². The molecule has 2 heteroatoms. The third-order valence-electron chi connectivity index (χ3n) is 13.0. The number of nitrogens with zero attached hydrogens (tertiary/aromatic N) is 2. The van der Waals surface area contributed by atoms with E-state index in [4.69, 9.17) is 0 Å². The standard InChI is InChI=1S/C64H44N2/c1-3-12-45(13-4-1)47-22-24-49(25-23-47)50-30-36-57(37-31-50)65(60-19-11-18-54(42-60)53-28-26-48(27-29-53)46-14-5-2-6-15-46)58-38-32-51(33-39-58)52-34-40-59(41-35-52)66-63-21-10-9-20-61(63)62-43-55-16-7-8-17-56(55)44-64(62)66/h1-44H. The van der Waals surface area contributed by atoms with Crippen LogP contribution in [0.4, 0.5) is 17.1 Å². The molecule has 0 unspecified atom stereocenters. The molecule has 66 heavy (non-hydrogen) atoms. The summed E-state index contributed by atoms with van der Waals surface area (Å²) in [5.41, 5.74) is 18.8. The monoisotopic (exact) mass is 840 g/mol. The van der Waals surface area contributed by atoms with Crippen LogP contribution < -0.4 is 4.90 Å². The van der Waals surface area contributed by atoms with Crippen LogP contribution in [-0.2, 0) is 0 Å². The summed E-state index contributed by atoms with van der Waals surface area (Å²) >= 11 is 0. The molecule has 0 spiro atoms. The van der Waals surface area contributed by atoms with Gasteiger partial charge in [-0.1, -0.05) is 200 Å². The summed E-state index contributed by atoms with van der Waals surface area (Å²) in [6.07, 6.45) is 0. The van der Waals surface area contributed by atoms with Gasteiger partial charge in [0.05, 0.1) is 11.0 Å². The lowest BCUT2D eigenvalue weighted by atomic mass is 9.99. The Bertz CT molecular complexity index is 3630. The molecular formula is C64H44N2. The Morgan fingerprint density at radius 2 is 0.621 bits per heavy atom. The maximum atomic E-state index is 2.40. The van der Waals surface area contributed by atoms with E-state index < -0.39 is 0 Å². The maximum absolute atomic E-state index is 2.40. The van der Waals surface area contributed by atoms with Crippen molar-refractivity contribution >= 4 is 49.6 Å². The lowest BCUT2D eigenvalue weighted by molar-refractivity contribution is 1.18. The normalized spacial score (nSPS) is 11.3. The third kappa shape index (κ3) is 7.31. The summed E-state index contributed by atoms with van der Waals surface area (Å²) in [7, 11) is 0. The molecule has 0 atom stereocenters. The Morgan fingerprint density at radius 3 is 1.15 bits per heavy atom. The average Bonchev–Trinajstić information content (AvgIpc) is 3.72. The van der Waals surface area contributed by atoms with Crippen LogP contribution in [0.5, 0.6) is 0 Å². The highest BCUT2D eigenvalue weighted by Gasteiger charge is 2.16. The molecule has 1 heterocycles. The molecule has 0 saturated carbocycles. The number of hydrogen-bond acceptors (Lipinski definition) is 1. The molecule has 0 radical (unpaired) electrons. The molecule has 12 aromatic rings. The Morgan fingerprint density at radius 1 is 0.227 bits per heavy atom. The molecule has 0 bridgehead atoms. The van der Waals surface area contributed by atoms with Crippen molar-refractivity contribution in [2.75, 3.05) is 4.90 Å². The van der Waals surface area contributed by atoms with Crippen LogP contribution in [0.15, 0.2) is 267 Å². The van der Waals surface area contributed by atoms with Gasteiger partial charge in [0.25, 0.3) is 0 Å². The zero-order valence-electron chi connectivity index (χ0n) is 36.3. The second-order valence-electron chi connectivity index (χ2n) is 17.0. The first-order valence-corrected chi connectivity index (χ1v) is 22.7. The number of rotatable bonds is 9. The van der Waals surface area contributed by atoms with Crippen LogP contribution in [0.25, 0.3) is 93.9 Å². The van der Waals surface area contributed by atoms with E-state index in [0.717, 1.165) is 22.7 Å². The summed E-state index contributed by atoms with van der Waals surface area (Å²) in [6, 6.07) is 96.8. The number of benzene rings is 11. The van der Waals surface area contributed by atoms with Gasteiger partial charge in [0.1, 0.15) is 0 Å². The third-order valence-corrected chi connectivity index (χ3v) is 13.0. The van der Waals surface area contributed by atoms with Crippen molar-refractivity contribution in [3.8, 4) is 61.3 Å². The summed E-state index contributed by atoms with van der Waals surface area (Å²) in [5.74, 6) is 0. The minimum absolute atomic E-state index is 1.09. The van der Waals surface area contributed by atoms with Crippen molar-refractivity contribution in [2.24, 2.45) is 0 Å². The van der Waals surface area contributed by atoms with Crippen LogP contribution in [0.1, 0.15) is 0 Å². The highest BCUT2D eigenvalue weighted by molar-refractivity contribution is 6.13. The van der Waals surface area contributed by atoms with Gasteiger partial charge >= 0.3 is 0 Å². The van der Waals surface area contributed by atoms with E-state index in [-0.39, 0.29) is 0 Å². The smallest absolute Gasteiger partial charge is 0.0547 e. The van der Waals surface area contributed by atoms with E-state index in [1.54, 1.807) is 0 Å². The molecule has 310 valence electrons. The zero-order chi connectivity index (χ0) is 43.8. The Hall–Kier alpha value is -8.72. The van der Waals surface area contributed by atoms with Crippen molar-refractivity contribution in [1.82, 2.24) is 4.57 Å². The molecule has 2 nitrogen and oxygen atoms in total. The van der Waals surface area contributed by atoms with Crippen molar-refractivity contribution < 1.29 is 0 Å². The largest absolute Gasteiger partial charge is 0.310 e. The van der Waals surface area contributed by atoms with Gasteiger partial charge in [-0.15, -0.1) is 0 Å². The van der Waals surface area contributed by atoms with Crippen LogP contribution in [-0.4, -0.2) is 4.57 Å². The Balaban J connectivity index is 0.881. The molecule has 0 fully saturated rings. The minimum atomic E-state index is 1.09. The van der Waals surface area contributed by atoms with Crippen LogP contribution in [0.3, 0.4) is 0 Å². The molecule has 1 aromatic heterocycles. The molecule has 0 aliphatic carbocycles. The van der Waals surface area contributed by atoms with Gasteiger partial charge < -0.3 is 9.47 Å². The quantitative estimate of drug-likeness (QED) is 0.141. The van der Waals surface area contributed by atoms with Gasteiger partial charge in [-0.3, -0.25) is 0 Å². The highest BCUT2D eigenvalue weighted by atomic mass is 15.1. The predicted molar refractivity (Wildman–Crippen MR) is 280 cm³/mol. The van der Waals surface area contributed by atoms with E-state index >= 15 is 0 Å². The first kappa shape index (κ1) is 38.9. The number of anilines is 3. The first-order valence-electron chi connectivity index (χ1n) is 22.7. The molecule has 0 N–H and O–H groups in total. The van der Waals surface area contributed by atoms with Crippen LogP contribution >= 0.6 is 0 Å². The average molecular weight is 841 g/mol. The lowest BCUT2D eigenvalue weighted by Crippen LogP contribution is -2.10. The van der Waals surface area contributed by atoms with Gasteiger partial charge in [0.2, 0.25) is 0 Å². The maximum Gasteiger partial charge on any atom is 0.0547 e. The number of fused-ring (bicyclic) bond motifs is 4. The second kappa shape index (κ2) is 16.8. The fraction of sp³-hybridized carbons (Fsp3) is 0. The number of hydrogen-bond donors (Lipinski definition) is 0. The molecule has 0 saturated heterocycles. The SMILES string of the molecule is c1ccc(-c2ccc(-c3ccc(N(c4ccc(-c5ccc(-n6c7ccccc7c7cc8ccccc8cc76)cc5)cc4)c4cccc(-c5ccc(-c6ccccc6)cc5)c4)cc3)cc2)cc1. The molecule has 12 rings (SSSR count). The van der Waals surface area contributed by atoms with Crippen molar-refractivity contribution in [3.63, 3.8) is 0 Å². The molecule has 0 aliphatic heterocycles. The van der Waals surface area contributed by atoms with Gasteiger partial charge in [-0.2, -0.15) is 0 Å². The fourth-order valence-electron chi connectivity index (χ4n) is 9.59. The summed E-state index contributed by atoms with van der Waals surface area (Å²) < 4.78 is 2.40. The van der Waals surface area contributed by atoms with Crippen molar-refractivity contribution in [3.05, 3.63) is 267 Å². The Labute approximate surface area is 385 Å². The molecule has 0 aliphatic rings. The van der Waals surface area contributed by atoms with Gasteiger partial charge in [-0.25, -0.2) is 0 Å². The van der Waals surface area contributed by atoms with Gasteiger partial charge in [0.15, 0.2) is 0 Å². The van der Waals surface area contributed by atoms with E-state index in [2.05, 4.69) is 276 Å². The topological polar surface area (TPSA) is 8.17 Å². The fourth-order valence-corrected chi connectivity index (χ4v) is 9.59. The predicted octanol–water partition coefficient (Wildman–Crippen LogP) is 17.7. The van der Waals surface area contributed by atoms with Crippen LogP contribution in [0.2, 0.25) is 0 Å². The minimum Gasteiger partial charge on any atom is -0.310 e. The van der Waals surface area contributed by atoms with E-state index in [1.807, 2.05) is 0 Å². The van der Waals surface area contributed by atoms with Gasteiger partial charge in [0, 0.05) is 33.5 Å². The first-order chi connectivity index (χ1) is 32.7. The number of para-hydroxylation sites is 1. The molecular weight excluding hydrogens is 797 g/mol. The Kier molecular flexibility index (Phi) is 9.89. The summed E-state index contributed by atoms with van der Waals surface area (Å²) in [6.45, 7) is 0. The number of aromatic nitrogens is 1. The summed E-state index contributed by atoms with van der Waals surface area (Å²) in [5, 5.41) is 5.04. The molecule has 11 aromatic carbocycles. The van der Waals surface area contributed by atoms with E-state index in [0.29, 0.717) is 0 Å². The summed E-state index contributed by atoms with van der Waals surface area (Å²) in [4.78, 5) is 2.36. The second-order valence-corrected chi connectivity index (χ2v) is 17.0. The van der Waals surface area contributed by atoms with Crippen molar-refractivity contribution in [1.29, 1.82) is 0 Å². The van der Waals surface area contributed by atoms with Crippen molar-refractivity contribution in [2.45, 2.75) is 0 Å². The highest BCUT2D eigenvalue weighted by Crippen LogP contribution is 2.40. The lowest BCUT2D eigenvalue weighted by Gasteiger charge is -2.26. The van der Waals surface area contributed by atoms with E-state index in [1.165, 1.54) is 88.2 Å². The van der Waals surface area contributed by atoms with Gasteiger partial charge in [-0.05, 0) is 133 Å². The zero-order valence-corrected chi connectivity index (χ0v) is 36.3. The van der Waals surface area contributed by atoms with E-state index in [9.17, 15) is 0 Å². The molecule has 0 amide bonds.